The normalized spacial score (nSPS) is 33.7. The molecule has 0 aromatic rings. The number of aliphatic hydroxyl groups excluding tert-OH is 7. The fourth-order valence-corrected chi connectivity index (χ4v) is 7.13. The van der Waals surface area contributed by atoms with E-state index in [9.17, 15) is 40.9 Å². The number of unbranched alkanes of at least 4 members (excludes halogenated alkanes) is 16. The van der Waals surface area contributed by atoms with Crippen LogP contribution in [-0.4, -0.2) is 115 Å². The molecule has 2 saturated heterocycles. The first-order valence-electron chi connectivity index (χ1n) is 19.0. The van der Waals surface area contributed by atoms with Gasteiger partial charge in [0.1, 0.15) is 48.8 Å². The lowest BCUT2D eigenvalue weighted by Gasteiger charge is -2.49. The summed E-state index contributed by atoms with van der Waals surface area (Å²) in [5.41, 5.74) is 0. The maximum atomic E-state index is 11.6. The fraction of sp³-hybridized carbons (Fsp3) is 1.00. The molecule has 2 rings (SSSR count). The molecule has 280 valence electrons. The van der Waals surface area contributed by atoms with Crippen molar-refractivity contribution in [2.45, 2.75) is 210 Å². The number of hydrogen-bond donors (Lipinski definition) is 8. The highest BCUT2D eigenvalue weighted by atomic mass is 16.7. The van der Waals surface area contributed by atoms with E-state index in [0.717, 1.165) is 38.5 Å². The first-order valence-corrected chi connectivity index (χ1v) is 19.0. The lowest BCUT2D eigenvalue weighted by atomic mass is 9.82. The van der Waals surface area contributed by atoms with Gasteiger partial charge in [-0.1, -0.05) is 142 Å². The standard InChI is InChI=1S/C36H70O11/c1-3-5-7-9-11-13-14-16-18-20-22-26(21-19-17-15-12-10-8-6-4-2)23-36(44)34(43)32(42)33(28(25-38)47-36)46-35-31(41)30(40)29(39)27(24-37)45-35/h26-35,37-44H,3-25H2,1-2H3/t26?,27-,28-,29+,30+,31-,32+,33-,34-,35+,36-/m1/s1. The van der Waals surface area contributed by atoms with E-state index in [1.807, 2.05) is 0 Å². The van der Waals surface area contributed by atoms with E-state index in [4.69, 9.17) is 14.2 Å². The second-order valence-electron chi connectivity index (χ2n) is 14.2. The Labute approximate surface area is 283 Å². The average Bonchev–Trinajstić information content (AvgIpc) is 3.06. The largest absolute Gasteiger partial charge is 0.394 e. The molecule has 0 aromatic heterocycles. The van der Waals surface area contributed by atoms with Crippen molar-refractivity contribution < 1.29 is 55.1 Å². The third-order valence-corrected chi connectivity index (χ3v) is 10.2. The van der Waals surface area contributed by atoms with Crippen molar-refractivity contribution in [2.24, 2.45) is 5.92 Å². The first-order chi connectivity index (χ1) is 22.6. The predicted molar refractivity (Wildman–Crippen MR) is 179 cm³/mol. The van der Waals surface area contributed by atoms with E-state index in [2.05, 4.69) is 13.8 Å². The summed E-state index contributed by atoms with van der Waals surface area (Å²) in [6.45, 7) is 3.10. The zero-order valence-corrected chi connectivity index (χ0v) is 29.3. The monoisotopic (exact) mass is 678 g/mol. The minimum Gasteiger partial charge on any atom is -0.394 e. The maximum Gasteiger partial charge on any atom is 0.195 e. The highest BCUT2D eigenvalue weighted by Crippen LogP contribution is 2.38. The van der Waals surface area contributed by atoms with Gasteiger partial charge in [0.2, 0.25) is 0 Å². The smallest absolute Gasteiger partial charge is 0.195 e. The Morgan fingerprint density at radius 3 is 1.47 bits per heavy atom. The molecule has 1 unspecified atom stereocenters. The molecule has 2 fully saturated rings. The topological polar surface area (TPSA) is 190 Å². The Balaban J connectivity index is 1.98. The summed E-state index contributed by atoms with van der Waals surface area (Å²) in [5.74, 6) is -2.09. The lowest BCUT2D eigenvalue weighted by Crippen LogP contribution is -2.68. The number of rotatable bonds is 26. The van der Waals surface area contributed by atoms with Crippen molar-refractivity contribution in [2.75, 3.05) is 13.2 Å². The van der Waals surface area contributed by atoms with Gasteiger partial charge in [-0.25, -0.2) is 0 Å². The number of hydrogen-bond acceptors (Lipinski definition) is 11. The van der Waals surface area contributed by atoms with Gasteiger partial charge in [-0.15, -0.1) is 0 Å². The fourth-order valence-electron chi connectivity index (χ4n) is 7.13. The molecular formula is C36H70O11. The molecule has 0 bridgehead atoms. The average molecular weight is 679 g/mol. The van der Waals surface area contributed by atoms with Crippen LogP contribution in [0.2, 0.25) is 0 Å². The minimum atomic E-state index is -2.13. The summed E-state index contributed by atoms with van der Waals surface area (Å²) in [7, 11) is 0. The lowest BCUT2D eigenvalue weighted by molar-refractivity contribution is -0.386. The van der Waals surface area contributed by atoms with Gasteiger partial charge in [0, 0.05) is 6.42 Å². The summed E-state index contributed by atoms with van der Waals surface area (Å²) in [4.78, 5) is 0. The molecule has 2 aliphatic heterocycles. The molecule has 0 aliphatic carbocycles. The van der Waals surface area contributed by atoms with Gasteiger partial charge < -0.3 is 55.1 Å². The zero-order chi connectivity index (χ0) is 34.7. The quantitative estimate of drug-likeness (QED) is 0.0621. The third kappa shape index (κ3) is 14.4. The van der Waals surface area contributed by atoms with Gasteiger partial charge in [-0.2, -0.15) is 0 Å². The van der Waals surface area contributed by atoms with Crippen LogP contribution in [0.3, 0.4) is 0 Å². The number of aliphatic hydroxyl groups is 8. The van der Waals surface area contributed by atoms with Crippen molar-refractivity contribution >= 4 is 0 Å². The van der Waals surface area contributed by atoms with E-state index in [1.54, 1.807) is 0 Å². The van der Waals surface area contributed by atoms with Crippen molar-refractivity contribution in [1.82, 2.24) is 0 Å². The maximum absolute atomic E-state index is 11.6. The number of ether oxygens (including phenoxy) is 3. The molecule has 0 aromatic carbocycles. The molecule has 0 radical (unpaired) electrons. The Bertz CT molecular complexity index is 771. The first kappa shape index (κ1) is 42.7. The van der Waals surface area contributed by atoms with Gasteiger partial charge in [-0.05, 0) is 5.92 Å². The molecule has 11 atom stereocenters. The van der Waals surface area contributed by atoms with Gasteiger partial charge >= 0.3 is 0 Å². The third-order valence-electron chi connectivity index (χ3n) is 10.2. The summed E-state index contributed by atoms with van der Waals surface area (Å²) in [6, 6.07) is 0. The molecule has 0 spiro atoms. The molecule has 11 nitrogen and oxygen atoms in total. The molecule has 11 heteroatoms. The van der Waals surface area contributed by atoms with Crippen molar-refractivity contribution in [3.8, 4) is 0 Å². The molecule has 2 heterocycles. The van der Waals surface area contributed by atoms with Crippen LogP contribution in [0.4, 0.5) is 0 Å². The molecule has 0 saturated carbocycles. The second kappa shape index (κ2) is 23.9. The Hall–Kier alpha value is -0.440. The van der Waals surface area contributed by atoms with Crippen LogP contribution in [0, 0.1) is 5.92 Å². The predicted octanol–water partition coefficient (Wildman–Crippen LogP) is 3.82. The summed E-state index contributed by atoms with van der Waals surface area (Å²) in [6.07, 6.45) is 9.43. The van der Waals surface area contributed by atoms with Gasteiger partial charge in [-0.3, -0.25) is 0 Å². The van der Waals surface area contributed by atoms with Crippen LogP contribution in [0.15, 0.2) is 0 Å². The van der Waals surface area contributed by atoms with Crippen molar-refractivity contribution in [1.29, 1.82) is 0 Å². The van der Waals surface area contributed by atoms with E-state index in [0.29, 0.717) is 0 Å². The van der Waals surface area contributed by atoms with E-state index >= 15 is 0 Å². The summed E-state index contributed by atoms with van der Waals surface area (Å²) >= 11 is 0. The molecule has 2 aliphatic rings. The van der Waals surface area contributed by atoms with Crippen LogP contribution in [-0.2, 0) is 14.2 Å². The Kier molecular flexibility index (Phi) is 21.7. The zero-order valence-electron chi connectivity index (χ0n) is 29.3. The van der Waals surface area contributed by atoms with Gasteiger partial charge in [0.25, 0.3) is 0 Å². The van der Waals surface area contributed by atoms with Crippen LogP contribution < -0.4 is 0 Å². The second-order valence-corrected chi connectivity index (χ2v) is 14.2. The molecule has 0 amide bonds. The highest BCUT2D eigenvalue weighted by Gasteiger charge is 2.56. The van der Waals surface area contributed by atoms with E-state index in [-0.39, 0.29) is 12.3 Å². The Morgan fingerprint density at radius 2 is 1.02 bits per heavy atom. The van der Waals surface area contributed by atoms with Crippen LogP contribution in [0.1, 0.15) is 149 Å². The van der Waals surface area contributed by atoms with Crippen LogP contribution in [0.25, 0.3) is 0 Å². The summed E-state index contributed by atoms with van der Waals surface area (Å²) in [5, 5.41) is 84.2. The van der Waals surface area contributed by atoms with Crippen molar-refractivity contribution in [3.63, 3.8) is 0 Å². The van der Waals surface area contributed by atoms with Gasteiger partial charge in [0.15, 0.2) is 12.1 Å². The highest BCUT2D eigenvalue weighted by molar-refractivity contribution is 4.99. The Morgan fingerprint density at radius 1 is 0.574 bits per heavy atom. The molecular weight excluding hydrogens is 608 g/mol. The van der Waals surface area contributed by atoms with Crippen LogP contribution >= 0.6 is 0 Å². The van der Waals surface area contributed by atoms with E-state index in [1.165, 1.54) is 89.9 Å². The summed E-state index contributed by atoms with van der Waals surface area (Å²) < 4.78 is 17.0. The molecule has 47 heavy (non-hydrogen) atoms. The van der Waals surface area contributed by atoms with Gasteiger partial charge in [0.05, 0.1) is 13.2 Å². The minimum absolute atomic E-state index is 0.0400. The molecule has 8 N–H and O–H groups in total. The van der Waals surface area contributed by atoms with Crippen LogP contribution in [0.5, 0.6) is 0 Å². The SMILES string of the molecule is CCCCCCCCCCCCC(CCCCCCCCCC)C[C@@]1(O)O[C@H](CO)[C@@H](O[C@@H]2O[C@H](CO)[C@H](O)[C@H](O)[C@H]2O)[C@H](O)[C@H]1O. The van der Waals surface area contributed by atoms with Crippen molar-refractivity contribution in [3.05, 3.63) is 0 Å². The van der Waals surface area contributed by atoms with E-state index < -0.39 is 74.1 Å².